The van der Waals surface area contributed by atoms with Gasteiger partial charge in [-0.3, -0.25) is 19.5 Å². The average Bonchev–Trinajstić information content (AvgIpc) is 3.76. The molecule has 16 nitrogen and oxygen atoms in total. The minimum absolute atomic E-state index is 0.0403. The zero-order valence-corrected chi connectivity index (χ0v) is 29.2. The molecule has 2 saturated heterocycles. The molecular formula is C33H36N11O5S2+. The van der Waals surface area contributed by atoms with Gasteiger partial charge in [-0.15, -0.1) is 11.8 Å². The van der Waals surface area contributed by atoms with E-state index in [1.54, 1.807) is 0 Å². The van der Waals surface area contributed by atoms with Gasteiger partial charge in [-0.25, -0.2) is 4.79 Å². The van der Waals surface area contributed by atoms with E-state index in [2.05, 4.69) is 41.8 Å². The van der Waals surface area contributed by atoms with Crippen LogP contribution in [0.3, 0.4) is 0 Å². The third-order valence-electron chi connectivity index (χ3n) is 8.96. The number of carboxylic acid groups (broad SMARTS) is 1. The van der Waals surface area contributed by atoms with Gasteiger partial charge in [0.15, 0.2) is 17.9 Å². The van der Waals surface area contributed by atoms with Crippen LogP contribution < -0.4 is 26.7 Å². The highest BCUT2D eigenvalue weighted by molar-refractivity contribution is 8.00. The van der Waals surface area contributed by atoms with Crippen LogP contribution in [-0.4, -0.2) is 96.7 Å². The molecule has 0 bridgehead atoms. The number of nitrogen functional groups attached to an aromatic ring is 1. The summed E-state index contributed by atoms with van der Waals surface area (Å²) >= 11 is 2.26. The molecular weight excluding hydrogens is 695 g/mol. The number of aliphatic imine (C=N–C) groups is 1. The highest BCUT2D eigenvalue weighted by Crippen LogP contribution is 2.40. The quantitative estimate of drug-likeness (QED) is 0.0475. The van der Waals surface area contributed by atoms with Crippen LogP contribution in [0.2, 0.25) is 0 Å². The number of rotatable bonds is 11. The van der Waals surface area contributed by atoms with Crippen molar-refractivity contribution in [2.75, 3.05) is 31.7 Å². The Bertz CT molecular complexity index is 2090. The number of β-lactam (4-membered cyclic amide) rings is 1. The van der Waals surface area contributed by atoms with Crippen LogP contribution in [0.15, 0.2) is 76.3 Å². The zero-order valence-electron chi connectivity index (χ0n) is 27.6. The molecule has 3 aromatic heterocycles. The van der Waals surface area contributed by atoms with Crippen LogP contribution in [0, 0.1) is 0 Å². The van der Waals surface area contributed by atoms with Crippen LogP contribution in [0.5, 0.6) is 0 Å². The molecule has 3 aliphatic rings. The summed E-state index contributed by atoms with van der Waals surface area (Å²) in [5.41, 5.74) is 16.1. The largest absolute Gasteiger partial charge is 0.477 e. The van der Waals surface area contributed by atoms with Crippen molar-refractivity contribution in [3.8, 4) is 0 Å². The summed E-state index contributed by atoms with van der Waals surface area (Å²) in [4.78, 5) is 53.7. The van der Waals surface area contributed by atoms with Crippen molar-refractivity contribution in [1.82, 2.24) is 29.5 Å². The number of aliphatic carboxylic acids is 1. The van der Waals surface area contributed by atoms with Gasteiger partial charge < -0.3 is 36.6 Å². The Kier molecular flexibility index (Phi) is 9.70. The Morgan fingerprint density at radius 1 is 1.24 bits per heavy atom. The first-order valence-electron chi connectivity index (χ1n) is 16.2. The maximum absolute atomic E-state index is 13.4. The number of fused-ring (bicyclic) bond motifs is 2. The van der Waals surface area contributed by atoms with Crippen molar-refractivity contribution in [2.45, 2.75) is 43.4 Å². The molecule has 3 aliphatic heterocycles. The lowest BCUT2D eigenvalue weighted by Gasteiger charge is -2.49. The Morgan fingerprint density at radius 3 is 2.76 bits per heavy atom. The predicted octanol–water partition coefficient (Wildman–Crippen LogP) is 0.657. The minimum atomic E-state index is -1.22. The molecule has 51 heavy (non-hydrogen) atoms. The fourth-order valence-corrected chi connectivity index (χ4v) is 8.28. The third kappa shape index (κ3) is 6.89. The number of carbonyl (C=O) groups is 3. The van der Waals surface area contributed by atoms with Crippen LogP contribution in [0.4, 0.5) is 5.13 Å². The van der Waals surface area contributed by atoms with Gasteiger partial charge in [0.1, 0.15) is 35.6 Å². The molecule has 0 radical (unpaired) electrons. The number of hydrogen-bond donors (Lipinski definition) is 5. The number of amides is 2. The zero-order chi connectivity index (χ0) is 35.6. The first-order valence-corrected chi connectivity index (χ1v) is 18.1. The SMILES string of the molecule is CO/N=C(\C(=O)N[C@@H]1C(=O)N2C(C(=O)O)=C(C[n+]3cccc4c3ccn4Cc3ccc(C(N)=NC4CCCNC4)cc3)CS[C@H]12)c1nsc(N)n1. The van der Waals surface area contributed by atoms with E-state index < -0.39 is 29.2 Å². The average molecular weight is 731 g/mol. The molecule has 0 aliphatic carbocycles. The van der Waals surface area contributed by atoms with Crippen LogP contribution in [0.25, 0.3) is 11.0 Å². The number of carbonyl (C=O) groups excluding carboxylic acids is 2. The van der Waals surface area contributed by atoms with Crippen molar-refractivity contribution in [3.63, 3.8) is 0 Å². The van der Waals surface area contributed by atoms with Gasteiger partial charge in [0.25, 0.3) is 11.8 Å². The van der Waals surface area contributed by atoms with E-state index >= 15 is 0 Å². The summed E-state index contributed by atoms with van der Waals surface area (Å²) in [6, 6.07) is 13.3. The predicted molar refractivity (Wildman–Crippen MR) is 192 cm³/mol. The van der Waals surface area contributed by atoms with Gasteiger partial charge in [-0.2, -0.15) is 13.9 Å². The van der Waals surface area contributed by atoms with Gasteiger partial charge >= 0.3 is 5.97 Å². The number of amidine groups is 1. The Labute approximate surface area is 300 Å². The Balaban J connectivity index is 1.06. The smallest absolute Gasteiger partial charge is 0.352 e. The van der Waals surface area contributed by atoms with Crippen molar-refractivity contribution in [3.05, 3.63) is 83.1 Å². The van der Waals surface area contributed by atoms with Crippen LogP contribution in [0.1, 0.15) is 29.8 Å². The molecule has 2 amide bonds. The maximum atomic E-state index is 13.4. The number of oxime groups is 1. The summed E-state index contributed by atoms with van der Waals surface area (Å²) in [7, 11) is 1.26. The number of aromatic nitrogens is 4. The summed E-state index contributed by atoms with van der Waals surface area (Å²) < 4.78 is 8.11. The number of thioether (sulfide) groups is 1. The van der Waals surface area contributed by atoms with Gasteiger partial charge in [0, 0.05) is 59.8 Å². The highest BCUT2D eigenvalue weighted by Gasteiger charge is 2.55. The van der Waals surface area contributed by atoms with E-state index in [1.807, 2.05) is 47.3 Å². The number of nitrogens with zero attached hydrogens (tertiary/aromatic N) is 7. The highest BCUT2D eigenvalue weighted by atomic mass is 32.2. The number of pyridine rings is 1. The lowest BCUT2D eigenvalue weighted by Crippen LogP contribution is -2.71. The molecule has 1 unspecified atom stereocenters. The van der Waals surface area contributed by atoms with Crippen molar-refractivity contribution >= 4 is 68.8 Å². The fourth-order valence-electron chi connectivity index (χ4n) is 6.51. The van der Waals surface area contributed by atoms with E-state index in [9.17, 15) is 19.5 Å². The Morgan fingerprint density at radius 2 is 2.06 bits per heavy atom. The van der Waals surface area contributed by atoms with E-state index in [4.69, 9.17) is 21.3 Å². The van der Waals surface area contributed by atoms with Gasteiger partial charge in [-0.05, 0) is 31.0 Å². The monoisotopic (exact) mass is 730 g/mol. The molecule has 264 valence electrons. The summed E-state index contributed by atoms with van der Waals surface area (Å²) in [5, 5.41) is 19.5. The minimum Gasteiger partial charge on any atom is -0.477 e. The number of nitrogens with two attached hydrogens (primary N) is 2. The third-order valence-corrected chi connectivity index (χ3v) is 10.8. The summed E-state index contributed by atoms with van der Waals surface area (Å²) in [6.07, 6.45) is 6.03. The molecule has 0 saturated carbocycles. The molecule has 6 heterocycles. The first kappa shape index (κ1) is 34.1. The second kappa shape index (κ2) is 14.5. The molecule has 7 N–H and O–H groups in total. The van der Waals surface area contributed by atoms with Crippen molar-refractivity contribution in [1.29, 1.82) is 0 Å². The maximum Gasteiger partial charge on any atom is 0.352 e. The second-order valence-electron chi connectivity index (χ2n) is 12.3. The first-order chi connectivity index (χ1) is 24.7. The normalized spacial score (nSPS) is 21.0. The standard InChI is InChI=1S/C33H35N11O5S2/c1-49-40-24(28-39-33(35)51-41-28)29(45)38-25-30(46)44-26(32(47)48)20(17-50-31(25)44)16-42-12-3-5-22-23(42)10-13-43(22)15-18-6-8-19(9-7-18)27(34)37-21-4-2-11-36-14-21/h3,5-10,12-13,21,25,31,36H,2,4,11,14-17H2,1H3,(H5-,34,35,37,38,39,41,45,47,48)/p+1/b40-24-/t21?,25-,31-/m1/s1. The Hall–Kier alpha value is -5.33. The lowest BCUT2D eigenvalue weighted by molar-refractivity contribution is -0.663. The molecule has 0 spiro atoms. The second-order valence-corrected chi connectivity index (χ2v) is 14.1. The number of hydrogen-bond acceptors (Lipinski definition) is 12. The molecule has 18 heteroatoms. The van der Waals surface area contributed by atoms with Gasteiger partial charge in [0.05, 0.1) is 6.04 Å². The number of piperidine rings is 1. The van der Waals surface area contributed by atoms with Crippen LogP contribution >= 0.6 is 23.3 Å². The van der Waals surface area contributed by atoms with Crippen LogP contribution in [-0.2, 0) is 32.3 Å². The summed E-state index contributed by atoms with van der Waals surface area (Å²) in [5.74, 6) is -1.66. The van der Waals surface area contributed by atoms with E-state index in [0.29, 0.717) is 23.7 Å². The van der Waals surface area contributed by atoms with E-state index in [0.717, 1.165) is 59.6 Å². The number of carboxylic acids is 1. The molecule has 7 rings (SSSR count). The number of nitrogens with one attached hydrogen (secondary N) is 2. The molecule has 4 aromatic rings. The number of benzene rings is 1. The van der Waals surface area contributed by atoms with E-state index in [1.165, 1.54) is 23.8 Å². The fraction of sp³-hybridized carbons (Fsp3) is 0.333. The topological polar surface area (TPSA) is 219 Å². The summed E-state index contributed by atoms with van der Waals surface area (Å²) in [6.45, 7) is 2.75. The van der Waals surface area contributed by atoms with Crippen molar-refractivity contribution in [2.24, 2.45) is 15.9 Å². The number of anilines is 1. The molecule has 2 fully saturated rings. The van der Waals surface area contributed by atoms with Gasteiger partial charge in [-0.1, -0.05) is 29.4 Å². The lowest BCUT2D eigenvalue weighted by atomic mass is 10.0. The molecule has 1 aromatic carbocycles. The molecule has 3 atom stereocenters. The van der Waals surface area contributed by atoms with Gasteiger partial charge in [0.2, 0.25) is 17.1 Å². The van der Waals surface area contributed by atoms with E-state index in [-0.39, 0.29) is 35.0 Å². The van der Waals surface area contributed by atoms with Crippen molar-refractivity contribution < 1.29 is 28.9 Å².